The fourth-order valence-corrected chi connectivity index (χ4v) is 3.89. The number of urea groups is 1. The topological polar surface area (TPSA) is 44.7 Å². The third-order valence-electron chi connectivity index (χ3n) is 4.75. The summed E-state index contributed by atoms with van der Waals surface area (Å²) in [5.41, 5.74) is 2.55. The molecular weight excluding hydrogens is 378 g/mol. The number of rotatable bonds is 6. The predicted molar refractivity (Wildman–Crippen MR) is 116 cm³/mol. The van der Waals surface area contributed by atoms with Crippen LogP contribution in [0.2, 0.25) is 5.02 Å². The van der Waals surface area contributed by atoms with Gasteiger partial charge in [-0.1, -0.05) is 48.9 Å². The molecule has 1 heterocycles. The molecule has 1 unspecified atom stereocenters. The first-order chi connectivity index (χ1) is 13.0. The predicted octanol–water partition coefficient (Wildman–Crippen LogP) is 5.74. The second-order valence-electron chi connectivity index (χ2n) is 6.97. The number of hydrogen-bond acceptors (Lipinski definition) is 3. The Morgan fingerprint density at radius 1 is 1.22 bits per heavy atom. The molecule has 0 fully saturated rings. The zero-order valence-corrected chi connectivity index (χ0v) is 17.2. The molecule has 2 aromatic carbocycles. The Kier molecular flexibility index (Phi) is 6.45. The van der Waals surface area contributed by atoms with Gasteiger partial charge in [-0.3, -0.25) is 0 Å². The first kappa shape index (κ1) is 19.8. The van der Waals surface area contributed by atoms with Gasteiger partial charge in [-0.15, -0.1) is 0 Å². The molecule has 1 aliphatic heterocycles. The molecule has 4 nitrogen and oxygen atoms in total. The molecule has 0 spiro atoms. The maximum Gasteiger partial charge on any atom is 0.342 e. The van der Waals surface area contributed by atoms with Crippen molar-refractivity contribution in [2.75, 3.05) is 23.9 Å². The molecule has 142 valence electrons. The van der Waals surface area contributed by atoms with Gasteiger partial charge in [0, 0.05) is 16.1 Å². The van der Waals surface area contributed by atoms with Crippen molar-refractivity contribution in [2.24, 2.45) is 10.5 Å². The van der Waals surface area contributed by atoms with E-state index in [0.717, 1.165) is 35.6 Å². The zero-order valence-electron chi connectivity index (χ0n) is 15.6. The Bertz CT molecular complexity index is 810. The van der Waals surface area contributed by atoms with Gasteiger partial charge in [-0.25, -0.2) is 9.80 Å². The summed E-state index contributed by atoms with van der Waals surface area (Å²) in [4.78, 5) is 12.7. The number of nitrogens with one attached hydrogen (secondary N) is 1. The number of amides is 2. The average molecular weight is 402 g/mol. The number of carbonyl (C=O) groups is 1. The summed E-state index contributed by atoms with van der Waals surface area (Å²) >= 11 is 7.89. The minimum atomic E-state index is -0.207. The van der Waals surface area contributed by atoms with Crippen LogP contribution >= 0.6 is 23.4 Å². The highest BCUT2D eigenvalue weighted by Gasteiger charge is 2.40. The monoisotopic (exact) mass is 401 g/mol. The molecule has 1 N–H and O–H groups in total. The molecule has 2 aromatic rings. The Hall–Kier alpha value is -1.98. The number of hydrazone groups is 1. The molecule has 0 bridgehead atoms. The summed E-state index contributed by atoms with van der Waals surface area (Å²) in [7, 11) is 0. The third kappa shape index (κ3) is 4.85. The highest BCUT2D eigenvalue weighted by atomic mass is 35.5. The van der Waals surface area contributed by atoms with Gasteiger partial charge < -0.3 is 5.32 Å². The van der Waals surface area contributed by atoms with Crippen molar-refractivity contribution in [3.05, 3.63) is 65.2 Å². The van der Waals surface area contributed by atoms with Crippen LogP contribution in [0.5, 0.6) is 0 Å². The lowest BCUT2D eigenvalue weighted by Crippen LogP contribution is -2.35. The van der Waals surface area contributed by atoms with E-state index in [1.807, 2.05) is 66.4 Å². The Labute approximate surface area is 170 Å². The van der Waals surface area contributed by atoms with Crippen molar-refractivity contribution in [3.8, 4) is 0 Å². The molecule has 0 saturated carbocycles. The van der Waals surface area contributed by atoms with E-state index in [0.29, 0.717) is 11.6 Å². The average Bonchev–Trinajstić information content (AvgIpc) is 3.01. The van der Waals surface area contributed by atoms with Gasteiger partial charge in [-0.05, 0) is 54.7 Å². The summed E-state index contributed by atoms with van der Waals surface area (Å²) in [6.07, 6.45) is 4.17. The summed E-state index contributed by atoms with van der Waals surface area (Å²) < 4.78 is 0. The van der Waals surface area contributed by atoms with Crippen LogP contribution in [-0.4, -0.2) is 35.3 Å². The number of anilines is 1. The van der Waals surface area contributed by atoms with Crippen molar-refractivity contribution in [1.82, 2.24) is 5.01 Å². The number of halogens is 1. The van der Waals surface area contributed by atoms with Crippen molar-refractivity contribution < 1.29 is 4.79 Å². The smallest absolute Gasteiger partial charge is 0.306 e. The van der Waals surface area contributed by atoms with E-state index in [2.05, 4.69) is 18.5 Å². The summed E-state index contributed by atoms with van der Waals surface area (Å²) in [5, 5.41) is 9.87. The minimum Gasteiger partial charge on any atom is -0.306 e. The highest BCUT2D eigenvalue weighted by Crippen LogP contribution is 2.36. The number of carbonyl (C=O) groups excluding carboxylic acids is 1. The van der Waals surface area contributed by atoms with Crippen LogP contribution in [0.3, 0.4) is 0 Å². The van der Waals surface area contributed by atoms with Crippen LogP contribution in [0, 0.1) is 5.41 Å². The van der Waals surface area contributed by atoms with Gasteiger partial charge in [-0.2, -0.15) is 16.9 Å². The fraction of sp³-hybridized carbons (Fsp3) is 0.333. The van der Waals surface area contributed by atoms with E-state index in [9.17, 15) is 4.79 Å². The second kappa shape index (κ2) is 8.81. The van der Waals surface area contributed by atoms with Crippen LogP contribution in [0.4, 0.5) is 10.5 Å². The standard InChI is InChI=1S/C21H24ClN3OS/c1-21(13-6-14-27-2)15-25(20(26)23-18-7-4-3-5-8-18)24-19(21)16-9-11-17(22)12-10-16/h3-5,7-12H,6,13-15H2,1-2H3,(H,23,26). The largest absolute Gasteiger partial charge is 0.342 e. The van der Waals surface area contributed by atoms with E-state index in [-0.39, 0.29) is 11.4 Å². The summed E-state index contributed by atoms with van der Waals surface area (Å²) in [6, 6.07) is 16.9. The summed E-state index contributed by atoms with van der Waals surface area (Å²) in [6.45, 7) is 2.76. The van der Waals surface area contributed by atoms with Gasteiger partial charge in [0.15, 0.2) is 0 Å². The van der Waals surface area contributed by atoms with Crippen molar-refractivity contribution in [2.45, 2.75) is 19.8 Å². The van der Waals surface area contributed by atoms with E-state index >= 15 is 0 Å². The SMILES string of the molecule is CSCCCC1(C)CN(C(=O)Nc2ccccc2)N=C1c1ccc(Cl)cc1. The zero-order chi connectivity index (χ0) is 19.3. The van der Waals surface area contributed by atoms with Crippen LogP contribution in [0.25, 0.3) is 0 Å². The number of hydrogen-bond donors (Lipinski definition) is 1. The number of thioether (sulfide) groups is 1. The lowest BCUT2D eigenvalue weighted by molar-refractivity contribution is 0.206. The number of para-hydroxylation sites is 1. The molecule has 1 atom stereocenters. The summed E-state index contributed by atoms with van der Waals surface area (Å²) in [5.74, 6) is 1.10. The third-order valence-corrected chi connectivity index (χ3v) is 5.69. The molecule has 0 aliphatic carbocycles. The van der Waals surface area contributed by atoms with Crippen molar-refractivity contribution >= 4 is 40.8 Å². The van der Waals surface area contributed by atoms with Gasteiger partial charge >= 0.3 is 6.03 Å². The molecule has 2 amide bonds. The minimum absolute atomic E-state index is 0.183. The number of nitrogens with zero attached hydrogens (tertiary/aromatic N) is 2. The Morgan fingerprint density at radius 2 is 1.93 bits per heavy atom. The molecule has 6 heteroatoms. The van der Waals surface area contributed by atoms with Crippen LogP contribution in [-0.2, 0) is 0 Å². The van der Waals surface area contributed by atoms with E-state index in [1.54, 1.807) is 5.01 Å². The molecule has 0 aromatic heterocycles. The molecule has 0 radical (unpaired) electrons. The van der Waals surface area contributed by atoms with Gasteiger partial charge in [0.2, 0.25) is 0 Å². The van der Waals surface area contributed by atoms with Gasteiger partial charge in [0.25, 0.3) is 0 Å². The van der Waals surface area contributed by atoms with Gasteiger partial charge in [0.1, 0.15) is 0 Å². The number of benzene rings is 2. The first-order valence-electron chi connectivity index (χ1n) is 8.99. The molecule has 1 aliphatic rings. The molecule has 3 rings (SSSR count). The van der Waals surface area contributed by atoms with Crippen LogP contribution in [0.1, 0.15) is 25.3 Å². The highest BCUT2D eigenvalue weighted by molar-refractivity contribution is 7.98. The van der Waals surface area contributed by atoms with E-state index in [4.69, 9.17) is 16.7 Å². The lowest BCUT2D eigenvalue weighted by atomic mass is 9.78. The molecule has 27 heavy (non-hydrogen) atoms. The molecule has 0 saturated heterocycles. The van der Waals surface area contributed by atoms with Crippen LogP contribution < -0.4 is 5.32 Å². The normalized spacial score (nSPS) is 19.1. The Balaban J connectivity index is 1.83. The maximum atomic E-state index is 12.7. The van der Waals surface area contributed by atoms with E-state index < -0.39 is 0 Å². The molecular formula is C21H24ClN3OS. The van der Waals surface area contributed by atoms with Crippen molar-refractivity contribution in [3.63, 3.8) is 0 Å². The maximum absolute atomic E-state index is 12.7. The Morgan fingerprint density at radius 3 is 2.59 bits per heavy atom. The second-order valence-corrected chi connectivity index (χ2v) is 8.39. The van der Waals surface area contributed by atoms with Gasteiger partial charge in [0.05, 0.1) is 12.3 Å². The van der Waals surface area contributed by atoms with Crippen LogP contribution in [0.15, 0.2) is 59.7 Å². The lowest BCUT2D eigenvalue weighted by Gasteiger charge is -2.26. The van der Waals surface area contributed by atoms with Crippen molar-refractivity contribution in [1.29, 1.82) is 0 Å². The fourth-order valence-electron chi connectivity index (χ4n) is 3.33. The quantitative estimate of drug-likeness (QED) is 0.627. The van der Waals surface area contributed by atoms with E-state index in [1.165, 1.54) is 0 Å². The first-order valence-corrected chi connectivity index (χ1v) is 10.8.